The Bertz CT molecular complexity index is 511. The number of rotatable bonds is 4. The molecule has 100 valence electrons. The van der Waals surface area contributed by atoms with E-state index in [0.717, 1.165) is 0 Å². The maximum atomic E-state index is 12.2. The number of benzene rings is 1. The van der Waals surface area contributed by atoms with Gasteiger partial charge in [0.1, 0.15) is 0 Å². The number of hydrogen-bond acceptors (Lipinski definition) is 4. The van der Waals surface area contributed by atoms with Crippen LogP contribution < -0.4 is 5.73 Å². The molecule has 0 aromatic heterocycles. The van der Waals surface area contributed by atoms with E-state index in [-0.39, 0.29) is 10.8 Å². The summed E-state index contributed by atoms with van der Waals surface area (Å²) in [4.78, 5) is 12.0. The van der Waals surface area contributed by atoms with E-state index in [2.05, 4.69) is 0 Å². The van der Waals surface area contributed by atoms with Crippen molar-refractivity contribution in [2.24, 2.45) is 11.7 Å². The molecule has 1 amide bonds. The van der Waals surface area contributed by atoms with E-state index < -0.39 is 22.0 Å². The Balaban J connectivity index is 3.04. The molecule has 1 aromatic rings. The Morgan fingerprint density at radius 2 is 1.72 bits per heavy atom. The molecule has 6 heteroatoms. The van der Waals surface area contributed by atoms with Crippen molar-refractivity contribution in [3.63, 3.8) is 0 Å². The fourth-order valence-electron chi connectivity index (χ4n) is 1.36. The zero-order valence-corrected chi connectivity index (χ0v) is 11.5. The minimum absolute atomic E-state index is 0.0804. The maximum Gasteiger partial charge on any atom is 0.266 e. The van der Waals surface area contributed by atoms with Gasteiger partial charge in [-0.15, -0.1) is 0 Å². The summed E-state index contributed by atoms with van der Waals surface area (Å²) < 4.78 is 25.0. The molecule has 0 fully saturated rings. The van der Waals surface area contributed by atoms with Crippen molar-refractivity contribution in [2.75, 3.05) is 7.05 Å². The summed E-state index contributed by atoms with van der Waals surface area (Å²) in [6, 6.07) is 6.98. The number of sulfonamides is 1. The third-order valence-corrected chi connectivity index (χ3v) is 4.48. The van der Waals surface area contributed by atoms with Gasteiger partial charge in [-0.3, -0.25) is 4.79 Å². The van der Waals surface area contributed by atoms with Gasteiger partial charge in [0.2, 0.25) is 0 Å². The van der Waals surface area contributed by atoms with Crippen LogP contribution in [0.5, 0.6) is 0 Å². The number of amides is 1. The normalized spacial score (nSPS) is 13.4. The maximum absolute atomic E-state index is 12.2. The topological polar surface area (TPSA) is 80.5 Å². The summed E-state index contributed by atoms with van der Waals surface area (Å²) in [5, 5.41) is 0. The first-order chi connectivity index (χ1) is 8.28. The molecule has 1 rings (SSSR count). The van der Waals surface area contributed by atoms with Crippen LogP contribution in [0.4, 0.5) is 0 Å². The number of carbonyl (C=O) groups is 1. The number of carbonyl (C=O) groups excluding carboxylic acids is 1. The molecule has 0 aliphatic heterocycles. The lowest BCUT2D eigenvalue weighted by Crippen LogP contribution is -2.47. The molecule has 1 aromatic carbocycles. The number of nitrogens with two attached hydrogens (primary N) is 1. The highest BCUT2D eigenvalue weighted by atomic mass is 32.2. The van der Waals surface area contributed by atoms with Crippen molar-refractivity contribution in [1.29, 1.82) is 0 Å². The molecule has 0 aliphatic rings. The quantitative estimate of drug-likeness (QED) is 0.878. The zero-order chi connectivity index (χ0) is 13.9. The molecular formula is C12H18N2O3S. The van der Waals surface area contributed by atoms with E-state index >= 15 is 0 Å². The molecule has 18 heavy (non-hydrogen) atoms. The Morgan fingerprint density at radius 1 is 1.22 bits per heavy atom. The molecule has 0 heterocycles. The Kier molecular flexibility index (Phi) is 4.48. The molecule has 2 N–H and O–H groups in total. The first kappa shape index (κ1) is 14.7. The second-order valence-electron chi connectivity index (χ2n) is 4.39. The summed E-state index contributed by atoms with van der Waals surface area (Å²) >= 11 is 0. The van der Waals surface area contributed by atoms with Crippen molar-refractivity contribution in [3.8, 4) is 0 Å². The number of nitrogens with zero attached hydrogens (tertiary/aromatic N) is 1. The van der Waals surface area contributed by atoms with E-state index in [0.29, 0.717) is 4.31 Å². The van der Waals surface area contributed by atoms with Gasteiger partial charge in [-0.2, -0.15) is 0 Å². The Morgan fingerprint density at radius 3 is 2.17 bits per heavy atom. The van der Waals surface area contributed by atoms with Crippen LogP contribution >= 0.6 is 0 Å². The molecule has 5 nitrogen and oxygen atoms in total. The smallest absolute Gasteiger partial charge is 0.266 e. The largest absolute Gasteiger partial charge is 0.320 e. The minimum atomic E-state index is -3.81. The SMILES string of the molecule is CC(C)[C@H](N)C(=O)N(C)S(=O)(=O)c1ccccc1. The van der Waals surface area contributed by atoms with Crippen LogP contribution in [0, 0.1) is 5.92 Å². The van der Waals surface area contributed by atoms with Gasteiger partial charge in [0.15, 0.2) is 0 Å². The molecule has 0 saturated carbocycles. The van der Waals surface area contributed by atoms with Crippen molar-refractivity contribution in [3.05, 3.63) is 30.3 Å². The van der Waals surface area contributed by atoms with Crippen LogP contribution in [-0.2, 0) is 14.8 Å². The average molecular weight is 270 g/mol. The van der Waals surface area contributed by atoms with Crippen molar-refractivity contribution in [1.82, 2.24) is 4.31 Å². The van der Waals surface area contributed by atoms with Gasteiger partial charge in [-0.1, -0.05) is 32.0 Å². The Hall–Kier alpha value is -1.40. The van der Waals surface area contributed by atoms with E-state index in [1.54, 1.807) is 32.0 Å². The lowest BCUT2D eigenvalue weighted by atomic mass is 10.1. The molecule has 0 bridgehead atoms. The third-order valence-electron chi connectivity index (χ3n) is 2.72. The minimum Gasteiger partial charge on any atom is -0.320 e. The van der Waals surface area contributed by atoms with Crippen molar-refractivity contribution >= 4 is 15.9 Å². The van der Waals surface area contributed by atoms with Crippen LogP contribution in [0.3, 0.4) is 0 Å². The Labute approximate surface area is 108 Å². The molecule has 1 atom stereocenters. The highest BCUT2D eigenvalue weighted by Crippen LogP contribution is 2.15. The fraction of sp³-hybridized carbons (Fsp3) is 0.417. The average Bonchev–Trinajstić information content (AvgIpc) is 2.36. The first-order valence-electron chi connectivity index (χ1n) is 5.62. The summed E-state index contributed by atoms with van der Waals surface area (Å²) in [7, 11) is -2.58. The summed E-state index contributed by atoms with van der Waals surface area (Å²) in [5.41, 5.74) is 5.68. The molecule has 0 radical (unpaired) electrons. The van der Waals surface area contributed by atoms with Gasteiger partial charge in [-0.25, -0.2) is 12.7 Å². The summed E-state index contributed by atoms with van der Waals surface area (Å²) in [6.07, 6.45) is 0. The lowest BCUT2D eigenvalue weighted by molar-refractivity contribution is -0.127. The van der Waals surface area contributed by atoms with Gasteiger partial charge in [-0.05, 0) is 18.1 Å². The third kappa shape index (κ3) is 2.88. The van der Waals surface area contributed by atoms with Crippen LogP contribution in [0.1, 0.15) is 13.8 Å². The first-order valence-corrected chi connectivity index (χ1v) is 7.06. The van der Waals surface area contributed by atoms with Gasteiger partial charge in [0.05, 0.1) is 10.9 Å². The molecular weight excluding hydrogens is 252 g/mol. The molecule has 0 unspecified atom stereocenters. The molecule has 0 spiro atoms. The van der Waals surface area contributed by atoms with Crippen LogP contribution in [0.2, 0.25) is 0 Å². The van der Waals surface area contributed by atoms with Gasteiger partial charge in [0, 0.05) is 7.05 Å². The lowest BCUT2D eigenvalue weighted by Gasteiger charge is -2.23. The predicted molar refractivity (Wildman–Crippen MR) is 69.2 cm³/mol. The summed E-state index contributed by atoms with van der Waals surface area (Å²) in [6.45, 7) is 3.54. The predicted octanol–water partition coefficient (Wildman–Crippen LogP) is 0.817. The highest BCUT2D eigenvalue weighted by Gasteiger charge is 2.30. The zero-order valence-electron chi connectivity index (χ0n) is 10.7. The second-order valence-corrected chi connectivity index (χ2v) is 6.36. The van der Waals surface area contributed by atoms with E-state index in [1.165, 1.54) is 19.2 Å². The van der Waals surface area contributed by atoms with E-state index in [4.69, 9.17) is 5.73 Å². The van der Waals surface area contributed by atoms with Crippen molar-refractivity contribution in [2.45, 2.75) is 24.8 Å². The highest BCUT2D eigenvalue weighted by molar-refractivity contribution is 7.89. The van der Waals surface area contributed by atoms with E-state index in [9.17, 15) is 13.2 Å². The molecule has 0 aliphatic carbocycles. The van der Waals surface area contributed by atoms with Gasteiger partial charge in [0.25, 0.3) is 15.9 Å². The van der Waals surface area contributed by atoms with Crippen LogP contribution in [-0.4, -0.2) is 31.7 Å². The van der Waals surface area contributed by atoms with Crippen LogP contribution in [0.15, 0.2) is 35.2 Å². The monoisotopic (exact) mass is 270 g/mol. The fourth-order valence-corrected chi connectivity index (χ4v) is 2.54. The number of hydrogen-bond donors (Lipinski definition) is 1. The van der Waals surface area contributed by atoms with Crippen molar-refractivity contribution < 1.29 is 13.2 Å². The summed E-state index contributed by atoms with van der Waals surface area (Å²) in [5.74, 6) is -0.722. The number of likely N-dealkylation sites (N-methyl/N-ethyl adjacent to an activating group) is 1. The second kappa shape index (κ2) is 5.49. The van der Waals surface area contributed by atoms with E-state index in [1.807, 2.05) is 0 Å². The molecule has 0 saturated heterocycles. The van der Waals surface area contributed by atoms with Gasteiger partial charge >= 0.3 is 0 Å². The standard InChI is InChI=1S/C12H18N2O3S/c1-9(2)11(13)12(15)14(3)18(16,17)10-7-5-4-6-8-10/h4-9,11H,13H2,1-3H3/t11-/m0/s1. The van der Waals surface area contributed by atoms with Crippen LogP contribution in [0.25, 0.3) is 0 Å². The van der Waals surface area contributed by atoms with Gasteiger partial charge < -0.3 is 5.73 Å².